The molecule has 23 heavy (non-hydrogen) atoms. The number of aromatic nitrogens is 2. The molecule has 1 fully saturated rings. The molecule has 1 aliphatic heterocycles. The zero-order chi connectivity index (χ0) is 16.7. The highest BCUT2D eigenvalue weighted by Gasteiger charge is 2.26. The topological polar surface area (TPSA) is 82.2 Å². The maximum absolute atomic E-state index is 11.8. The molecule has 1 aromatic rings. The maximum Gasteiger partial charge on any atom is 0.315 e. The van der Waals surface area contributed by atoms with E-state index >= 15 is 0 Å². The van der Waals surface area contributed by atoms with Gasteiger partial charge in [0.1, 0.15) is 18.0 Å². The van der Waals surface area contributed by atoms with Gasteiger partial charge in [-0.05, 0) is 26.7 Å². The summed E-state index contributed by atoms with van der Waals surface area (Å²) in [7, 11) is 1.84. The molecule has 0 aromatic carbocycles. The van der Waals surface area contributed by atoms with Crippen molar-refractivity contribution < 1.29 is 4.79 Å². The van der Waals surface area contributed by atoms with Gasteiger partial charge in [-0.15, -0.1) is 0 Å². The summed E-state index contributed by atoms with van der Waals surface area (Å²) >= 11 is 0. The molecule has 1 aromatic heterocycles. The summed E-state index contributed by atoms with van der Waals surface area (Å²) in [6, 6.07) is 2.07. The van der Waals surface area contributed by atoms with Gasteiger partial charge in [-0.3, -0.25) is 0 Å². The molecule has 0 radical (unpaired) electrons. The fourth-order valence-corrected chi connectivity index (χ4v) is 2.61. The van der Waals surface area contributed by atoms with Crippen molar-refractivity contribution in [3.05, 3.63) is 24.0 Å². The molecule has 7 nitrogen and oxygen atoms in total. The van der Waals surface area contributed by atoms with Gasteiger partial charge >= 0.3 is 6.03 Å². The van der Waals surface area contributed by atoms with Gasteiger partial charge in [0.15, 0.2) is 0 Å². The van der Waals surface area contributed by atoms with Crippen LogP contribution in [-0.4, -0.2) is 48.7 Å². The number of hydrogen-bond donors (Lipinski definition) is 3. The molecule has 0 spiro atoms. The Balaban J connectivity index is 1.86. The largest absolute Gasteiger partial charge is 0.373 e. The molecule has 1 atom stereocenters. The molecule has 126 valence electrons. The van der Waals surface area contributed by atoms with Crippen LogP contribution in [0.1, 0.15) is 26.7 Å². The van der Waals surface area contributed by atoms with E-state index in [-0.39, 0.29) is 12.1 Å². The van der Waals surface area contributed by atoms with E-state index in [1.54, 1.807) is 6.33 Å². The fourth-order valence-electron chi connectivity index (χ4n) is 2.61. The first-order chi connectivity index (χ1) is 11.1. The smallest absolute Gasteiger partial charge is 0.315 e. The molecule has 1 saturated heterocycles. The van der Waals surface area contributed by atoms with Crippen molar-refractivity contribution in [1.82, 2.24) is 20.6 Å². The van der Waals surface area contributed by atoms with Crippen LogP contribution < -0.4 is 20.9 Å². The van der Waals surface area contributed by atoms with Crippen LogP contribution in [0.4, 0.5) is 16.4 Å². The number of nitrogens with zero attached hydrogens (tertiary/aromatic N) is 3. The Morgan fingerprint density at radius 2 is 2.22 bits per heavy atom. The lowest BCUT2D eigenvalue weighted by atomic mass is 10.2. The van der Waals surface area contributed by atoms with E-state index in [0.29, 0.717) is 13.1 Å². The molecule has 1 aliphatic rings. The lowest BCUT2D eigenvalue weighted by molar-refractivity contribution is 0.241. The summed E-state index contributed by atoms with van der Waals surface area (Å²) in [5.41, 5.74) is 1.19. The van der Waals surface area contributed by atoms with E-state index in [0.717, 1.165) is 31.0 Å². The van der Waals surface area contributed by atoms with Crippen LogP contribution in [0, 0.1) is 0 Å². The molecule has 2 rings (SSSR count). The molecule has 0 aliphatic carbocycles. The fraction of sp³-hybridized carbons (Fsp3) is 0.562. The highest BCUT2D eigenvalue weighted by Crippen LogP contribution is 2.24. The summed E-state index contributed by atoms with van der Waals surface area (Å²) in [6.07, 6.45) is 5.70. The summed E-state index contributed by atoms with van der Waals surface area (Å²) < 4.78 is 0. The zero-order valence-electron chi connectivity index (χ0n) is 14.1. The highest BCUT2D eigenvalue weighted by atomic mass is 16.2. The van der Waals surface area contributed by atoms with Crippen molar-refractivity contribution >= 4 is 17.7 Å². The van der Waals surface area contributed by atoms with Gasteiger partial charge < -0.3 is 20.9 Å². The minimum absolute atomic E-state index is 0.132. The summed E-state index contributed by atoms with van der Waals surface area (Å²) in [4.78, 5) is 22.6. The van der Waals surface area contributed by atoms with E-state index in [1.165, 1.54) is 5.57 Å². The number of amides is 2. The van der Waals surface area contributed by atoms with Crippen LogP contribution in [0.25, 0.3) is 0 Å². The van der Waals surface area contributed by atoms with Gasteiger partial charge in [-0.1, -0.05) is 11.6 Å². The van der Waals surface area contributed by atoms with Crippen LogP contribution in [0.5, 0.6) is 0 Å². The summed E-state index contributed by atoms with van der Waals surface area (Å²) in [6.45, 7) is 6.14. The number of hydrogen-bond acceptors (Lipinski definition) is 5. The van der Waals surface area contributed by atoms with E-state index in [4.69, 9.17) is 0 Å². The lowest BCUT2D eigenvalue weighted by Gasteiger charge is -2.26. The highest BCUT2D eigenvalue weighted by molar-refractivity contribution is 5.74. The van der Waals surface area contributed by atoms with E-state index < -0.39 is 0 Å². The second kappa shape index (κ2) is 8.36. The number of urea groups is 1. The number of anilines is 2. The lowest BCUT2D eigenvalue weighted by Crippen LogP contribution is -2.44. The second-order valence-corrected chi connectivity index (χ2v) is 5.87. The Kier molecular flexibility index (Phi) is 6.19. The molecular formula is C16H26N6O. The molecule has 0 unspecified atom stereocenters. The minimum Gasteiger partial charge on any atom is -0.373 e. The molecular weight excluding hydrogens is 292 g/mol. The Labute approximate surface area is 137 Å². The Morgan fingerprint density at radius 3 is 2.96 bits per heavy atom. The summed E-state index contributed by atoms with van der Waals surface area (Å²) in [5, 5.41) is 8.80. The Hall–Kier alpha value is -2.31. The molecule has 3 N–H and O–H groups in total. The average Bonchev–Trinajstić information content (AvgIpc) is 3.01. The van der Waals surface area contributed by atoms with Crippen LogP contribution >= 0.6 is 0 Å². The van der Waals surface area contributed by atoms with Gasteiger partial charge in [0.2, 0.25) is 0 Å². The minimum atomic E-state index is -0.132. The van der Waals surface area contributed by atoms with Crippen molar-refractivity contribution in [2.45, 2.75) is 32.7 Å². The third-order valence-corrected chi connectivity index (χ3v) is 3.85. The second-order valence-electron chi connectivity index (χ2n) is 5.87. The average molecular weight is 318 g/mol. The quantitative estimate of drug-likeness (QED) is 0.696. The number of carbonyl (C=O) groups excluding carboxylic acids is 1. The van der Waals surface area contributed by atoms with E-state index in [1.807, 2.05) is 33.0 Å². The van der Waals surface area contributed by atoms with Gasteiger partial charge in [-0.2, -0.15) is 0 Å². The number of allylic oxidation sites excluding steroid dienone is 1. The normalized spacial score (nSPS) is 16.8. The molecule has 0 bridgehead atoms. The van der Waals surface area contributed by atoms with Crippen molar-refractivity contribution in [2.24, 2.45) is 0 Å². The van der Waals surface area contributed by atoms with Crippen LogP contribution in [0.15, 0.2) is 24.0 Å². The first-order valence-electron chi connectivity index (χ1n) is 8.01. The number of nitrogens with one attached hydrogen (secondary N) is 3. The van der Waals surface area contributed by atoms with Crippen LogP contribution in [0.3, 0.4) is 0 Å². The van der Waals surface area contributed by atoms with Crippen molar-refractivity contribution in [1.29, 1.82) is 0 Å². The number of carbonyl (C=O) groups is 1. The van der Waals surface area contributed by atoms with Gasteiger partial charge in [0.25, 0.3) is 0 Å². The van der Waals surface area contributed by atoms with Crippen molar-refractivity contribution in [3.8, 4) is 0 Å². The number of rotatable bonds is 6. The summed E-state index contributed by atoms with van der Waals surface area (Å²) in [5.74, 6) is 1.70. The van der Waals surface area contributed by atoms with Crippen molar-refractivity contribution in [2.75, 3.05) is 36.9 Å². The van der Waals surface area contributed by atoms with Gasteiger partial charge in [0, 0.05) is 38.8 Å². The van der Waals surface area contributed by atoms with Crippen LogP contribution in [-0.2, 0) is 0 Å². The first-order valence-corrected chi connectivity index (χ1v) is 8.01. The van der Waals surface area contributed by atoms with E-state index in [9.17, 15) is 4.79 Å². The molecule has 0 saturated carbocycles. The predicted molar refractivity (Wildman–Crippen MR) is 92.8 cm³/mol. The predicted octanol–water partition coefficient (Wildman–Crippen LogP) is 1.75. The van der Waals surface area contributed by atoms with Gasteiger partial charge in [0.05, 0.1) is 0 Å². The third-order valence-electron chi connectivity index (χ3n) is 3.85. The Bertz CT molecular complexity index is 555. The monoisotopic (exact) mass is 318 g/mol. The van der Waals surface area contributed by atoms with Gasteiger partial charge in [-0.25, -0.2) is 14.8 Å². The van der Waals surface area contributed by atoms with Crippen molar-refractivity contribution in [3.63, 3.8) is 0 Å². The standard InChI is InChI=1S/C16H26N6O/c1-12(2)6-7-18-16(23)19-10-13-5-4-8-22(13)15-9-14(17-3)20-11-21-15/h6,9,11,13H,4-5,7-8,10H2,1-3H3,(H,17,20,21)(H2,18,19,23)/t13-/m0/s1. The molecule has 2 amide bonds. The third kappa shape index (κ3) is 5.12. The molecule has 7 heteroatoms. The maximum atomic E-state index is 11.8. The van der Waals surface area contributed by atoms with Crippen LogP contribution in [0.2, 0.25) is 0 Å². The Morgan fingerprint density at radius 1 is 1.39 bits per heavy atom. The van der Waals surface area contributed by atoms with E-state index in [2.05, 4.69) is 30.8 Å². The zero-order valence-corrected chi connectivity index (χ0v) is 14.1. The first kappa shape index (κ1) is 17.1. The SMILES string of the molecule is CNc1cc(N2CCC[C@H]2CNC(=O)NCC=C(C)C)ncn1. The molecule has 2 heterocycles.